The quantitative estimate of drug-likeness (QED) is 0.753. The summed E-state index contributed by atoms with van der Waals surface area (Å²) < 4.78 is 29.6. The normalized spacial score (nSPS) is 13.0. The van der Waals surface area contributed by atoms with E-state index in [1.807, 2.05) is 19.1 Å². The Morgan fingerprint density at radius 1 is 1.43 bits per heavy atom. The molecule has 0 saturated heterocycles. The first-order chi connectivity index (χ1) is 9.85. The average Bonchev–Trinajstić information content (AvgIpc) is 2.48. The second-order valence-electron chi connectivity index (χ2n) is 4.46. The van der Waals surface area contributed by atoms with E-state index in [9.17, 15) is 18.3 Å². The van der Waals surface area contributed by atoms with Gasteiger partial charge in [-0.15, -0.1) is 0 Å². The zero-order valence-electron chi connectivity index (χ0n) is 12.0. The molecule has 21 heavy (non-hydrogen) atoms. The van der Waals surface area contributed by atoms with Crippen LogP contribution in [-0.4, -0.2) is 43.6 Å². The Hall–Kier alpha value is -1.70. The molecule has 1 rings (SSSR count). The number of aryl methyl sites for hydroxylation is 1. The van der Waals surface area contributed by atoms with Gasteiger partial charge in [0.25, 0.3) is 0 Å². The number of carbonyl (C=O) groups is 1. The highest BCUT2D eigenvalue weighted by atomic mass is 32.2. The highest BCUT2D eigenvalue weighted by molar-refractivity contribution is 7.92. The minimum absolute atomic E-state index is 0.0606. The molecule has 0 aromatic heterocycles. The first-order valence-electron chi connectivity index (χ1n) is 6.24. The molecular formula is C14H19NO5S. The summed E-state index contributed by atoms with van der Waals surface area (Å²) in [5.74, 6) is -0.824. The summed E-state index contributed by atoms with van der Waals surface area (Å²) in [4.78, 5) is 11.7. The fourth-order valence-electron chi connectivity index (χ4n) is 1.77. The molecule has 1 N–H and O–H groups in total. The number of hydrogen-bond donors (Lipinski definition) is 1. The fourth-order valence-corrected chi connectivity index (χ4v) is 2.79. The topological polar surface area (TPSA) is 83.9 Å². The molecule has 0 unspecified atom stereocenters. The minimum Gasteiger partial charge on any atom is -0.468 e. The molecule has 0 spiro atoms. The number of hydrogen-bond acceptors (Lipinski definition) is 5. The van der Waals surface area contributed by atoms with E-state index >= 15 is 0 Å². The van der Waals surface area contributed by atoms with Crippen LogP contribution in [-0.2, 0) is 26.1 Å². The molecule has 0 radical (unpaired) electrons. The van der Waals surface area contributed by atoms with Gasteiger partial charge >= 0.3 is 5.97 Å². The maximum Gasteiger partial charge on any atom is 0.326 e. The predicted molar refractivity (Wildman–Crippen MR) is 78.7 cm³/mol. The maximum atomic E-state index is 12.1. The molecule has 0 aliphatic rings. The van der Waals surface area contributed by atoms with Crippen molar-refractivity contribution in [1.82, 2.24) is 4.31 Å². The van der Waals surface area contributed by atoms with Crippen LogP contribution in [0, 0.1) is 6.92 Å². The summed E-state index contributed by atoms with van der Waals surface area (Å²) in [6, 6.07) is 5.87. The van der Waals surface area contributed by atoms with E-state index in [0.717, 1.165) is 22.4 Å². The van der Waals surface area contributed by atoms with Gasteiger partial charge in [-0.1, -0.05) is 36.4 Å². The summed E-state index contributed by atoms with van der Waals surface area (Å²) in [6.45, 7) is 4.42. The van der Waals surface area contributed by atoms with Gasteiger partial charge in [0, 0.05) is 12.0 Å². The standard InChI is InChI=1S/C14H19NO5S/c1-4-21(18,19)15(13(10-16)14(17)20-3)9-12-7-5-11(2)6-8-12/h4-8,13,16H,1,9-10H2,2-3H3/t13-/m0/s1. The molecule has 1 atom stereocenters. The summed E-state index contributed by atoms with van der Waals surface area (Å²) in [5.41, 5.74) is 1.72. The monoisotopic (exact) mass is 313 g/mol. The zero-order chi connectivity index (χ0) is 16.0. The third-order valence-electron chi connectivity index (χ3n) is 2.99. The molecule has 0 saturated carbocycles. The van der Waals surface area contributed by atoms with Crippen LogP contribution in [0.3, 0.4) is 0 Å². The first kappa shape index (κ1) is 17.4. The largest absolute Gasteiger partial charge is 0.468 e. The number of aliphatic hydroxyl groups excluding tert-OH is 1. The molecule has 0 heterocycles. The van der Waals surface area contributed by atoms with Crippen LogP contribution in [0.5, 0.6) is 0 Å². The molecular weight excluding hydrogens is 294 g/mol. The SMILES string of the molecule is C=CS(=O)(=O)N(Cc1ccc(C)cc1)[C@@H](CO)C(=O)OC. The van der Waals surface area contributed by atoms with Crippen molar-refractivity contribution in [2.45, 2.75) is 19.5 Å². The third kappa shape index (κ3) is 4.38. The molecule has 1 aromatic rings. The summed E-state index contributed by atoms with van der Waals surface area (Å²) in [6.07, 6.45) is 0. The van der Waals surface area contributed by atoms with Crippen molar-refractivity contribution in [1.29, 1.82) is 0 Å². The zero-order valence-corrected chi connectivity index (χ0v) is 12.8. The molecule has 7 heteroatoms. The van der Waals surface area contributed by atoms with Crippen LogP contribution in [0.4, 0.5) is 0 Å². The molecule has 6 nitrogen and oxygen atoms in total. The predicted octanol–water partition coefficient (Wildman–Crippen LogP) is 0.804. The molecule has 0 aliphatic heterocycles. The Balaban J connectivity index is 3.16. The fraction of sp³-hybridized carbons (Fsp3) is 0.357. The Morgan fingerprint density at radius 3 is 2.43 bits per heavy atom. The van der Waals surface area contributed by atoms with Gasteiger partial charge < -0.3 is 9.84 Å². The first-order valence-corrected chi connectivity index (χ1v) is 7.74. The van der Waals surface area contributed by atoms with E-state index < -0.39 is 28.6 Å². The van der Waals surface area contributed by atoms with Crippen LogP contribution in [0.2, 0.25) is 0 Å². The molecule has 0 fully saturated rings. The Bertz CT molecular complexity index is 594. The molecule has 116 valence electrons. The van der Waals surface area contributed by atoms with Crippen molar-refractivity contribution in [3.8, 4) is 0 Å². The third-order valence-corrected chi connectivity index (χ3v) is 4.45. The van der Waals surface area contributed by atoms with Crippen molar-refractivity contribution in [2.24, 2.45) is 0 Å². The number of esters is 1. The summed E-state index contributed by atoms with van der Waals surface area (Å²) in [7, 11) is -2.76. The Labute approximate surface area is 124 Å². The van der Waals surface area contributed by atoms with Crippen molar-refractivity contribution < 1.29 is 23.1 Å². The van der Waals surface area contributed by atoms with Gasteiger partial charge in [0.15, 0.2) is 0 Å². The maximum absolute atomic E-state index is 12.1. The van der Waals surface area contributed by atoms with E-state index in [4.69, 9.17) is 0 Å². The number of ether oxygens (including phenoxy) is 1. The van der Waals surface area contributed by atoms with Crippen LogP contribution in [0.25, 0.3) is 0 Å². The second kappa shape index (κ2) is 7.35. The lowest BCUT2D eigenvalue weighted by Gasteiger charge is -2.26. The van der Waals surface area contributed by atoms with E-state index in [-0.39, 0.29) is 6.54 Å². The smallest absolute Gasteiger partial charge is 0.326 e. The van der Waals surface area contributed by atoms with Gasteiger partial charge in [-0.3, -0.25) is 4.79 Å². The minimum atomic E-state index is -3.90. The number of aliphatic hydroxyl groups is 1. The molecule has 0 aliphatic carbocycles. The van der Waals surface area contributed by atoms with Crippen molar-refractivity contribution in [3.05, 3.63) is 47.4 Å². The lowest BCUT2D eigenvalue weighted by molar-refractivity contribution is -0.146. The van der Waals surface area contributed by atoms with Crippen molar-refractivity contribution in [2.75, 3.05) is 13.7 Å². The van der Waals surface area contributed by atoms with E-state index in [1.165, 1.54) is 0 Å². The van der Waals surface area contributed by atoms with Crippen LogP contribution < -0.4 is 0 Å². The van der Waals surface area contributed by atoms with Gasteiger partial charge in [0.05, 0.1) is 13.7 Å². The number of sulfonamides is 1. The summed E-state index contributed by atoms with van der Waals surface area (Å²) >= 11 is 0. The highest BCUT2D eigenvalue weighted by Crippen LogP contribution is 2.16. The number of methoxy groups -OCH3 is 1. The van der Waals surface area contributed by atoms with E-state index in [2.05, 4.69) is 11.3 Å². The molecule has 1 aromatic carbocycles. The van der Waals surface area contributed by atoms with Crippen LogP contribution in [0.1, 0.15) is 11.1 Å². The average molecular weight is 313 g/mol. The van der Waals surface area contributed by atoms with E-state index in [1.54, 1.807) is 12.1 Å². The Kier molecular flexibility index (Phi) is 6.07. The molecule has 0 amide bonds. The lowest BCUT2D eigenvalue weighted by Crippen LogP contribution is -2.46. The number of nitrogens with zero attached hydrogens (tertiary/aromatic N) is 1. The van der Waals surface area contributed by atoms with Crippen molar-refractivity contribution >= 4 is 16.0 Å². The van der Waals surface area contributed by atoms with E-state index in [0.29, 0.717) is 5.56 Å². The number of carbonyl (C=O) groups excluding carboxylic acids is 1. The van der Waals surface area contributed by atoms with Gasteiger partial charge in [-0.2, -0.15) is 4.31 Å². The highest BCUT2D eigenvalue weighted by Gasteiger charge is 2.33. The number of rotatable bonds is 7. The second-order valence-corrected chi connectivity index (χ2v) is 6.30. The van der Waals surface area contributed by atoms with Gasteiger partial charge in [0.2, 0.25) is 10.0 Å². The van der Waals surface area contributed by atoms with Gasteiger partial charge in [-0.05, 0) is 12.5 Å². The number of benzene rings is 1. The van der Waals surface area contributed by atoms with Crippen LogP contribution >= 0.6 is 0 Å². The summed E-state index contributed by atoms with van der Waals surface area (Å²) in [5, 5.41) is 10.1. The van der Waals surface area contributed by atoms with Gasteiger partial charge in [0.1, 0.15) is 6.04 Å². The lowest BCUT2D eigenvalue weighted by atomic mass is 10.1. The van der Waals surface area contributed by atoms with Crippen LogP contribution in [0.15, 0.2) is 36.3 Å². The Morgan fingerprint density at radius 2 is 2.00 bits per heavy atom. The van der Waals surface area contributed by atoms with Crippen molar-refractivity contribution in [3.63, 3.8) is 0 Å². The molecule has 0 bridgehead atoms. The van der Waals surface area contributed by atoms with Gasteiger partial charge in [-0.25, -0.2) is 8.42 Å².